The zero-order chi connectivity index (χ0) is 15.0. The van der Waals surface area contributed by atoms with Gasteiger partial charge in [0.1, 0.15) is 5.60 Å². The summed E-state index contributed by atoms with van der Waals surface area (Å²) in [5, 5.41) is 6.24. The van der Waals surface area contributed by atoms with E-state index >= 15 is 0 Å². The summed E-state index contributed by atoms with van der Waals surface area (Å²) >= 11 is 0. The molecule has 0 aromatic rings. The van der Waals surface area contributed by atoms with Gasteiger partial charge in [-0.05, 0) is 38.8 Å². The monoisotopic (exact) mass is 334 g/mol. The van der Waals surface area contributed by atoms with Crippen LogP contribution in [0.25, 0.3) is 0 Å². The van der Waals surface area contributed by atoms with Crippen molar-refractivity contribution in [2.45, 2.75) is 63.1 Å². The summed E-state index contributed by atoms with van der Waals surface area (Å²) in [4.78, 5) is 12.3. The first-order valence-electron chi connectivity index (χ1n) is 8.43. The molecular weight excluding hydrogens is 304 g/mol. The Bertz CT molecular complexity index is 315. The molecule has 2 N–H and O–H groups in total. The highest BCUT2D eigenvalue weighted by molar-refractivity contribution is 5.85. The molecule has 2 rings (SSSR count). The molecule has 5 nitrogen and oxygen atoms in total. The summed E-state index contributed by atoms with van der Waals surface area (Å²) in [7, 11) is 1.63. The molecule has 1 saturated carbocycles. The molecule has 1 amide bonds. The Morgan fingerprint density at radius 2 is 1.82 bits per heavy atom. The van der Waals surface area contributed by atoms with Gasteiger partial charge in [0.15, 0.2) is 0 Å². The van der Waals surface area contributed by atoms with Crippen molar-refractivity contribution in [2.75, 3.05) is 33.4 Å². The minimum absolute atomic E-state index is 0. The summed E-state index contributed by atoms with van der Waals surface area (Å²) in [6, 6.07) is 0. The van der Waals surface area contributed by atoms with Crippen LogP contribution in [0.3, 0.4) is 0 Å². The highest BCUT2D eigenvalue weighted by Gasteiger charge is 2.39. The Hall–Kier alpha value is -0.360. The SMILES string of the molecule is COC1(C(=O)NCCOC2CCCCCC2)CCNCC1.Cl. The van der Waals surface area contributed by atoms with Crippen molar-refractivity contribution in [3.63, 3.8) is 0 Å². The Kier molecular flexibility index (Phi) is 9.33. The van der Waals surface area contributed by atoms with Crippen molar-refractivity contribution in [1.29, 1.82) is 0 Å². The normalized spacial score (nSPS) is 22.4. The second kappa shape index (κ2) is 10.4. The maximum atomic E-state index is 12.3. The molecule has 0 atom stereocenters. The molecule has 0 aromatic heterocycles. The van der Waals surface area contributed by atoms with Gasteiger partial charge in [-0.25, -0.2) is 0 Å². The maximum Gasteiger partial charge on any atom is 0.252 e. The fraction of sp³-hybridized carbons (Fsp3) is 0.938. The Labute approximate surface area is 140 Å². The van der Waals surface area contributed by atoms with Crippen molar-refractivity contribution < 1.29 is 14.3 Å². The predicted molar refractivity (Wildman–Crippen MR) is 89.5 cm³/mol. The van der Waals surface area contributed by atoms with Gasteiger partial charge in [-0.1, -0.05) is 25.7 Å². The van der Waals surface area contributed by atoms with Crippen LogP contribution in [-0.4, -0.2) is 51.0 Å². The largest absolute Gasteiger partial charge is 0.376 e. The highest BCUT2D eigenvalue weighted by atomic mass is 35.5. The molecule has 0 aromatic carbocycles. The summed E-state index contributed by atoms with van der Waals surface area (Å²) in [5.41, 5.74) is -0.645. The van der Waals surface area contributed by atoms with E-state index in [-0.39, 0.29) is 18.3 Å². The zero-order valence-corrected chi connectivity index (χ0v) is 14.5. The number of methoxy groups -OCH3 is 1. The van der Waals surface area contributed by atoms with E-state index in [1.165, 1.54) is 38.5 Å². The van der Waals surface area contributed by atoms with E-state index in [4.69, 9.17) is 9.47 Å². The van der Waals surface area contributed by atoms with Crippen LogP contribution in [0, 0.1) is 0 Å². The number of nitrogens with one attached hydrogen (secondary N) is 2. The maximum absolute atomic E-state index is 12.3. The number of carbonyl (C=O) groups excluding carboxylic acids is 1. The molecule has 1 aliphatic carbocycles. The molecule has 0 spiro atoms. The number of hydrogen-bond acceptors (Lipinski definition) is 4. The van der Waals surface area contributed by atoms with E-state index in [0.29, 0.717) is 19.3 Å². The van der Waals surface area contributed by atoms with E-state index in [1.807, 2.05) is 0 Å². The van der Waals surface area contributed by atoms with E-state index < -0.39 is 5.60 Å². The smallest absolute Gasteiger partial charge is 0.252 e. The zero-order valence-electron chi connectivity index (χ0n) is 13.7. The minimum Gasteiger partial charge on any atom is -0.376 e. The summed E-state index contributed by atoms with van der Waals surface area (Å²) < 4.78 is 11.4. The molecular formula is C16H31ClN2O3. The quantitative estimate of drug-likeness (QED) is 0.576. The molecule has 0 bridgehead atoms. The lowest BCUT2D eigenvalue weighted by molar-refractivity contribution is -0.147. The molecule has 1 aliphatic heterocycles. The van der Waals surface area contributed by atoms with Crippen LogP contribution in [0.1, 0.15) is 51.4 Å². The van der Waals surface area contributed by atoms with Gasteiger partial charge in [-0.3, -0.25) is 4.79 Å². The predicted octanol–water partition coefficient (Wildman–Crippen LogP) is 2.03. The van der Waals surface area contributed by atoms with Gasteiger partial charge in [0, 0.05) is 13.7 Å². The van der Waals surface area contributed by atoms with E-state index in [2.05, 4.69) is 10.6 Å². The van der Waals surface area contributed by atoms with Crippen molar-refractivity contribution in [3.05, 3.63) is 0 Å². The molecule has 0 radical (unpaired) electrons. The van der Waals surface area contributed by atoms with Gasteiger partial charge in [0.2, 0.25) is 0 Å². The number of rotatable bonds is 6. The van der Waals surface area contributed by atoms with Gasteiger partial charge in [-0.15, -0.1) is 12.4 Å². The molecule has 22 heavy (non-hydrogen) atoms. The van der Waals surface area contributed by atoms with Crippen molar-refractivity contribution in [1.82, 2.24) is 10.6 Å². The minimum atomic E-state index is -0.645. The third-order valence-corrected chi connectivity index (χ3v) is 4.76. The standard InChI is InChI=1S/C16H30N2O3.ClH/c1-20-16(8-10-17-11-9-16)15(19)18-12-13-21-14-6-4-2-3-5-7-14;/h14,17H,2-13H2,1H3,(H,18,19);1H. The van der Waals surface area contributed by atoms with Crippen molar-refractivity contribution >= 4 is 18.3 Å². The number of piperidine rings is 1. The number of hydrogen-bond donors (Lipinski definition) is 2. The molecule has 1 saturated heterocycles. The summed E-state index contributed by atoms with van der Waals surface area (Å²) in [6.45, 7) is 2.85. The third kappa shape index (κ3) is 5.69. The summed E-state index contributed by atoms with van der Waals surface area (Å²) in [6.07, 6.45) is 9.41. The highest BCUT2D eigenvalue weighted by Crippen LogP contribution is 2.22. The number of amides is 1. The molecule has 0 unspecified atom stereocenters. The van der Waals surface area contributed by atoms with Gasteiger partial charge in [0.25, 0.3) is 5.91 Å². The Morgan fingerprint density at radius 1 is 1.18 bits per heavy atom. The van der Waals surface area contributed by atoms with E-state index in [0.717, 1.165) is 25.9 Å². The van der Waals surface area contributed by atoms with Crippen LogP contribution in [-0.2, 0) is 14.3 Å². The molecule has 1 heterocycles. The fourth-order valence-corrected chi connectivity index (χ4v) is 3.31. The molecule has 2 fully saturated rings. The lowest BCUT2D eigenvalue weighted by Gasteiger charge is -2.34. The first-order chi connectivity index (χ1) is 10.3. The first kappa shape index (κ1) is 19.7. The van der Waals surface area contributed by atoms with Crippen LogP contribution >= 0.6 is 12.4 Å². The van der Waals surface area contributed by atoms with Gasteiger partial charge < -0.3 is 20.1 Å². The van der Waals surface area contributed by atoms with Crippen LogP contribution < -0.4 is 10.6 Å². The topological polar surface area (TPSA) is 59.6 Å². The Morgan fingerprint density at radius 3 is 2.41 bits per heavy atom. The average Bonchev–Trinajstić information content (AvgIpc) is 2.80. The molecule has 130 valence electrons. The van der Waals surface area contributed by atoms with Gasteiger partial charge in [0.05, 0.1) is 12.7 Å². The van der Waals surface area contributed by atoms with Crippen LogP contribution in [0.15, 0.2) is 0 Å². The lowest BCUT2D eigenvalue weighted by Crippen LogP contribution is -2.54. The Balaban J connectivity index is 0.00000242. The number of ether oxygens (including phenoxy) is 2. The second-order valence-corrected chi connectivity index (χ2v) is 6.19. The van der Waals surface area contributed by atoms with Crippen molar-refractivity contribution in [3.8, 4) is 0 Å². The molecule has 2 aliphatic rings. The third-order valence-electron chi connectivity index (χ3n) is 4.76. The van der Waals surface area contributed by atoms with Crippen molar-refractivity contribution in [2.24, 2.45) is 0 Å². The van der Waals surface area contributed by atoms with Gasteiger partial charge in [-0.2, -0.15) is 0 Å². The summed E-state index contributed by atoms with van der Waals surface area (Å²) in [5.74, 6) is 0.0102. The molecule has 6 heteroatoms. The lowest BCUT2D eigenvalue weighted by atomic mass is 9.91. The van der Waals surface area contributed by atoms with Crippen LogP contribution in [0.2, 0.25) is 0 Å². The fourth-order valence-electron chi connectivity index (χ4n) is 3.31. The van der Waals surface area contributed by atoms with Crippen LogP contribution in [0.4, 0.5) is 0 Å². The van der Waals surface area contributed by atoms with E-state index in [9.17, 15) is 4.79 Å². The number of halogens is 1. The number of carbonyl (C=O) groups is 1. The van der Waals surface area contributed by atoms with E-state index in [1.54, 1.807) is 7.11 Å². The van der Waals surface area contributed by atoms with Gasteiger partial charge >= 0.3 is 0 Å². The second-order valence-electron chi connectivity index (χ2n) is 6.19. The average molecular weight is 335 g/mol. The first-order valence-corrected chi connectivity index (χ1v) is 8.43. The van der Waals surface area contributed by atoms with Crippen LogP contribution in [0.5, 0.6) is 0 Å².